The lowest BCUT2D eigenvalue weighted by atomic mass is 9.49. The van der Waals surface area contributed by atoms with Gasteiger partial charge in [-0.15, -0.1) is 0 Å². The fourth-order valence-electron chi connectivity index (χ4n) is 7.38. The van der Waals surface area contributed by atoms with Crippen molar-refractivity contribution in [3.63, 3.8) is 0 Å². The second kappa shape index (κ2) is 8.77. The predicted molar refractivity (Wildman–Crippen MR) is 146 cm³/mol. The summed E-state index contributed by atoms with van der Waals surface area (Å²) in [4.78, 5) is 27.4. The molecule has 0 spiro atoms. The summed E-state index contributed by atoms with van der Waals surface area (Å²) in [5, 5.41) is 1.30. The van der Waals surface area contributed by atoms with Crippen LogP contribution in [0, 0.1) is 37.0 Å². The van der Waals surface area contributed by atoms with Crippen molar-refractivity contribution in [2.45, 2.75) is 52.4 Å². The molecule has 4 bridgehead atoms. The number of carbonyl (C=O) groups excluding carboxylic acids is 2. The maximum absolute atomic E-state index is 13.5. The standard InChI is InChI=1S/C28H31N3O3S2/c1-16-8-21(17(2)30(16)22-4-6-23(34-3)7-5-22)12-24-25(32)31(27(35)36-24)29-26(33)28-13-18-9-19(14-28)11-20(10-18)15-28/h4-8,12,18-20H,9-11,13-15H2,1-3H3,(H,29,33)/b24-12-. The van der Waals surface area contributed by atoms with Crippen LogP contribution in [0.5, 0.6) is 5.75 Å². The summed E-state index contributed by atoms with van der Waals surface area (Å²) in [6.07, 6.45) is 8.55. The van der Waals surface area contributed by atoms with Gasteiger partial charge in [0.15, 0.2) is 4.32 Å². The first-order valence-electron chi connectivity index (χ1n) is 12.7. The van der Waals surface area contributed by atoms with Gasteiger partial charge >= 0.3 is 0 Å². The van der Waals surface area contributed by atoms with Gasteiger partial charge in [0.2, 0.25) is 5.91 Å². The van der Waals surface area contributed by atoms with Crippen LogP contribution < -0.4 is 10.2 Å². The summed E-state index contributed by atoms with van der Waals surface area (Å²) in [5.41, 5.74) is 6.69. The molecule has 0 radical (unpaired) electrons. The zero-order chi connectivity index (χ0) is 25.2. The van der Waals surface area contributed by atoms with Crippen LogP contribution in [0.15, 0.2) is 35.2 Å². The summed E-state index contributed by atoms with van der Waals surface area (Å²) in [6.45, 7) is 4.09. The molecule has 2 amide bonds. The molecule has 0 unspecified atom stereocenters. The van der Waals surface area contributed by atoms with Gasteiger partial charge in [0, 0.05) is 17.1 Å². The van der Waals surface area contributed by atoms with Crippen LogP contribution in [-0.4, -0.2) is 32.8 Å². The topological polar surface area (TPSA) is 63.6 Å². The van der Waals surface area contributed by atoms with E-state index in [4.69, 9.17) is 17.0 Å². The number of hydrogen-bond donors (Lipinski definition) is 1. The second-order valence-electron chi connectivity index (χ2n) is 11.0. The Morgan fingerprint density at radius 2 is 1.72 bits per heavy atom. The van der Waals surface area contributed by atoms with Crippen LogP contribution in [0.2, 0.25) is 0 Å². The van der Waals surface area contributed by atoms with Crippen molar-refractivity contribution < 1.29 is 14.3 Å². The molecule has 2 aromatic rings. The Bertz CT molecular complexity index is 1260. The fourth-order valence-corrected chi connectivity index (χ4v) is 8.55. The minimum absolute atomic E-state index is 0.0168. The Hall–Kier alpha value is -2.58. The first-order valence-corrected chi connectivity index (χ1v) is 13.9. The third-order valence-corrected chi connectivity index (χ3v) is 9.92. The van der Waals surface area contributed by atoms with Crippen molar-refractivity contribution >= 4 is 46.2 Å². The van der Waals surface area contributed by atoms with E-state index in [1.807, 2.05) is 44.2 Å². The number of aromatic nitrogens is 1. The van der Waals surface area contributed by atoms with Crippen molar-refractivity contribution in [2.75, 3.05) is 7.11 Å². The second-order valence-corrected chi connectivity index (χ2v) is 12.7. The quantitative estimate of drug-likeness (QED) is 0.413. The number of thioether (sulfide) groups is 1. The van der Waals surface area contributed by atoms with Gasteiger partial charge in [0.25, 0.3) is 5.91 Å². The molecule has 36 heavy (non-hydrogen) atoms. The molecule has 4 saturated carbocycles. The third kappa shape index (κ3) is 3.89. The van der Waals surface area contributed by atoms with Crippen LogP contribution in [0.1, 0.15) is 55.5 Å². The van der Waals surface area contributed by atoms with Crippen molar-refractivity contribution in [3.8, 4) is 11.4 Å². The minimum atomic E-state index is -0.328. The van der Waals surface area contributed by atoms with E-state index in [2.05, 4.69) is 16.1 Å². The summed E-state index contributed by atoms with van der Waals surface area (Å²) in [7, 11) is 1.65. The number of rotatable bonds is 5. The number of nitrogens with one attached hydrogen (secondary N) is 1. The Labute approximate surface area is 221 Å². The van der Waals surface area contributed by atoms with E-state index in [-0.39, 0.29) is 17.2 Å². The molecular weight excluding hydrogens is 490 g/mol. The maximum Gasteiger partial charge on any atom is 0.285 e. The third-order valence-electron chi connectivity index (χ3n) is 8.61. The molecule has 1 N–H and O–H groups in total. The summed E-state index contributed by atoms with van der Waals surface area (Å²) < 4.78 is 7.82. The Balaban J connectivity index is 1.22. The molecule has 1 aromatic carbocycles. The van der Waals surface area contributed by atoms with Gasteiger partial charge in [-0.1, -0.05) is 11.8 Å². The molecule has 4 aliphatic carbocycles. The smallest absolute Gasteiger partial charge is 0.285 e. The average molecular weight is 522 g/mol. The lowest BCUT2D eigenvalue weighted by molar-refractivity contribution is -0.152. The lowest BCUT2D eigenvalue weighted by Crippen LogP contribution is -2.57. The molecule has 7 rings (SSSR count). The summed E-state index contributed by atoms with van der Waals surface area (Å²) in [5.74, 6) is 2.52. The molecule has 188 valence electrons. The van der Waals surface area contributed by atoms with E-state index in [1.54, 1.807) is 7.11 Å². The molecule has 6 nitrogen and oxygen atoms in total. The number of nitrogens with zero attached hydrogens (tertiary/aromatic N) is 2. The summed E-state index contributed by atoms with van der Waals surface area (Å²) >= 11 is 6.78. The van der Waals surface area contributed by atoms with Crippen LogP contribution in [0.4, 0.5) is 0 Å². The molecular formula is C28H31N3O3S2. The predicted octanol–water partition coefficient (Wildman–Crippen LogP) is 5.55. The molecule has 0 atom stereocenters. The van der Waals surface area contributed by atoms with Crippen molar-refractivity contribution in [1.82, 2.24) is 15.0 Å². The Morgan fingerprint density at radius 1 is 1.11 bits per heavy atom. The number of amides is 2. The van der Waals surface area contributed by atoms with E-state index in [1.165, 1.54) is 36.0 Å². The number of ether oxygens (including phenoxy) is 1. The molecule has 1 saturated heterocycles. The highest BCUT2D eigenvalue weighted by Crippen LogP contribution is 2.60. The largest absolute Gasteiger partial charge is 0.497 e. The molecule has 1 aliphatic heterocycles. The van der Waals surface area contributed by atoms with Crippen molar-refractivity contribution in [1.29, 1.82) is 0 Å². The van der Waals surface area contributed by atoms with Gasteiger partial charge in [-0.3, -0.25) is 15.0 Å². The van der Waals surface area contributed by atoms with Gasteiger partial charge in [-0.25, -0.2) is 0 Å². The molecule has 5 fully saturated rings. The van der Waals surface area contributed by atoms with Crippen LogP contribution in [0.25, 0.3) is 11.8 Å². The van der Waals surface area contributed by atoms with Crippen LogP contribution >= 0.6 is 24.0 Å². The number of methoxy groups -OCH3 is 1. The minimum Gasteiger partial charge on any atom is -0.497 e. The highest BCUT2D eigenvalue weighted by Gasteiger charge is 2.55. The molecule has 2 heterocycles. The maximum atomic E-state index is 13.5. The number of hydrogen-bond acceptors (Lipinski definition) is 5. The van der Waals surface area contributed by atoms with Gasteiger partial charge in [-0.05, 0) is 124 Å². The SMILES string of the molecule is COc1ccc(-n2c(C)cc(/C=C3\SC(=S)N(NC(=O)C45CC6CC(CC(C6)C4)C5)C3=O)c2C)cc1. The van der Waals surface area contributed by atoms with E-state index in [9.17, 15) is 9.59 Å². The van der Waals surface area contributed by atoms with Gasteiger partial charge in [-0.2, -0.15) is 5.01 Å². The number of hydrazine groups is 1. The molecule has 8 heteroatoms. The highest BCUT2D eigenvalue weighted by molar-refractivity contribution is 8.26. The highest BCUT2D eigenvalue weighted by atomic mass is 32.2. The van der Waals surface area contributed by atoms with Gasteiger partial charge < -0.3 is 9.30 Å². The molecule has 1 aromatic heterocycles. The fraction of sp³-hybridized carbons (Fsp3) is 0.464. The average Bonchev–Trinajstić information content (AvgIpc) is 3.27. The van der Waals surface area contributed by atoms with Crippen LogP contribution in [0.3, 0.4) is 0 Å². The van der Waals surface area contributed by atoms with Crippen LogP contribution in [-0.2, 0) is 9.59 Å². The monoisotopic (exact) mass is 521 g/mol. The van der Waals surface area contributed by atoms with Gasteiger partial charge in [0.1, 0.15) is 5.75 Å². The van der Waals surface area contributed by atoms with E-state index < -0.39 is 0 Å². The number of thiocarbonyl (C=S) groups is 1. The Morgan fingerprint density at radius 3 is 2.31 bits per heavy atom. The normalized spacial score (nSPS) is 29.9. The Kier molecular flexibility index (Phi) is 5.80. The number of benzene rings is 1. The van der Waals surface area contributed by atoms with E-state index in [0.29, 0.717) is 27.0 Å². The van der Waals surface area contributed by atoms with Gasteiger partial charge in [0.05, 0.1) is 17.4 Å². The first-order chi connectivity index (χ1) is 17.3. The number of aryl methyl sites for hydroxylation is 1. The van der Waals surface area contributed by atoms with Crippen molar-refractivity contribution in [2.24, 2.45) is 23.2 Å². The zero-order valence-electron chi connectivity index (χ0n) is 20.9. The van der Waals surface area contributed by atoms with Crippen molar-refractivity contribution in [3.05, 3.63) is 52.2 Å². The first kappa shape index (κ1) is 23.8. The zero-order valence-corrected chi connectivity index (χ0v) is 22.5. The number of carbonyl (C=O) groups is 2. The van der Waals surface area contributed by atoms with E-state index in [0.717, 1.165) is 47.7 Å². The lowest BCUT2D eigenvalue weighted by Gasteiger charge is -2.55. The molecule has 5 aliphatic rings. The summed E-state index contributed by atoms with van der Waals surface area (Å²) in [6, 6.07) is 9.97. The van der Waals surface area contributed by atoms with E-state index >= 15 is 0 Å².